The van der Waals surface area contributed by atoms with Crippen LogP contribution in [0.1, 0.15) is 56.1 Å². The number of hydrogen-bond acceptors (Lipinski definition) is 8. The summed E-state index contributed by atoms with van der Waals surface area (Å²) < 4.78 is 7.82. The number of hydroxylamine groups is 1. The van der Waals surface area contributed by atoms with Crippen molar-refractivity contribution in [2.24, 2.45) is 10.9 Å². The van der Waals surface area contributed by atoms with Gasteiger partial charge in [-0.3, -0.25) is 4.79 Å². The number of piperidine rings is 1. The Morgan fingerprint density at radius 2 is 1.83 bits per heavy atom. The van der Waals surface area contributed by atoms with Gasteiger partial charge in [-0.1, -0.05) is 0 Å². The Bertz CT molecular complexity index is 932. The molecule has 3 heterocycles. The average molecular weight is 516 g/mol. The van der Waals surface area contributed by atoms with E-state index in [1.807, 2.05) is 4.90 Å². The Labute approximate surface area is 219 Å². The zero-order valence-corrected chi connectivity index (χ0v) is 22.8. The number of nitrogens with zero attached hydrogens (tertiary/aromatic N) is 4. The second kappa shape index (κ2) is 11.7. The molecule has 1 saturated carbocycles. The van der Waals surface area contributed by atoms with Crippen LogP contribution in [-0.4, -0.2) is 84.5 Å². The van der Waals surface area contributed by atoms with Crippen LogP contribution in [0.5, 0.6) is 5.75 Å². The zero-order valence-electron chi connectivity index (χ0n) is 22.0. The average Bonchev–Trinajstić information content (AvgIpc) is 3.40. The van der Waals surface area contributed by atoms with Gasteiger partial charge >= 0.3 is 11.8 Å². The summed E-state index contributed by atoms with van der Waals surface area (Å²) in [6.07, 6.45) is 8.25. The van der Waals surface area contributed by atoms with Crippen molar-refractivity contribution >= 4 is 23.8 Å². The van der Waals surface area contributed by atoms with E-state index in [1.54, 1.807) is 19.1 Å². The Kier molecular flexibility index (Phi) is 8.40. The summed E-state index contributed by atoms with van der Waals surface area (Å²) >= 11 is 1.78. The van der Waals surface area contributed by atoms with Gasteiger partial charge < -0.3 is 19.4 Å². The Morgan fingerprint density at radius 1 is 1.14 bits per heavy atom. The fourth-order valence-corrected chi connectivity index (χ4v) is 6.73. The fraction of sp³-hybridized carbons (Fsp3) is 0.704. The van der Waals surface area contributed by atoms with Crippen LogP contribution in [-0.2, 0) is 9.63 Å². The molecule has 5 rings (SSSR count). The maximum Gasteiger partial charge on any atom is 0.311 e. The van der Waals surface area contributed by atoms with Crippen LogP contribution in [0.2, 0.25) is 0 Å². The molecule has 1 aliphatic carbocycles. The van der Waals surface area contributed by atoms with Crippen molar-refractivity contribution in [2.75, 3.05) is 46.4 Å². The normalized spacial score (nSPS) is 23.3. The first-order chi connectivity index (χ1) is 17.5. The van der Waals surface area contributed by atoms with Crippen molar-refractivity contribution in [3.05, 3.63) is 23.3 Å². The molecule has 0 bridgehead atoms. The lowest BCUT2D eigenvalue weighted by Crippen LogP contribution is -2.43. The van der Waals surface area contributed by atoms with E-state index >= 15 is 0 Å². The molecule has 0 spiro atoms. The number of rotatable bonds is 10. The number of aliphatic imine (C=N–C) groups is 1. The van der Waals surface area contributed by atoms with Gasteiger partial charge in [0.2, 0.25) is 0 Å². The molecule has 1 unspecified atom stereocenters. The molecule has 1 aromatic rings. The largest absolute Gasteiger partial charge is 0.497 e. The highest BCUT2D eigenvalue weighted by molar-refractivity contribution is 7.97. The Morgan fingerprint density at radius 3 is 2.47 bits per heavy atom. The van der Waals surface area contributed by atoms with Crippen molar-refractivity contribution in [1.82, 2.24) is 19.6 Å². The predicted octanol–water partition coefficient (Wildman–Crippen LogP) is 3.77. The van der Waals surface area contributed by atoms with E-state index in [-0.39, 0.29) is 18.0 Å². The van der Waals surface area contributed by atoms with Gasteiger partial charge in [-0.05, 0) is 120 Å². The fourth-order valence-electron chi connectivity index (χ4n) is 5.51. The number of methoxy groups -OCH3 is 1. The number of benzene rings is 1. The molecule has 198 valence electrons. The van der Waals surface area contributed by atoms with Gasteiger partial charge in [-0.2, -0.15) is 0 Å². The number of likely N-dealkylation sites (tertiary alicyclic amines) is 2. The predicted molar refractivity (Wildman–Crippen MR) is 143 cm³/mol. The van der Waals surface area contributed by atoms with Crippen LogP contribution in [0.15, 0.2) is 22.0 Å². The topological polar surface area (TPSA) is 69.6 Å². The summed E-state index contributed by atoms with van der Waals surface area (Å²) in [5.74, 6) is 1.76. The van der Waals surface area contributed by atoms with Gasteiger partial charge in [0, 0.05) is 30.6 Å². The van der Waals surface area contributed by atoms with Crippen molar-refractivity contribution in [1.29, 1.82) is 0 Å². The summed E-state index contributed by atoms with van der Waals surface area (Å²) in [4.78, 5) is 29.1. The van der Waals surface area contributed by atoms with E-state index in [9.17, 15) is 4.79 Å². The van der Waals surface area contributed by atoms with E-state index < -0.39 is 0 Å². The molecule has 8 nitrogen and oxygen atoms in total. The number of amides is 1. The molecular weight excluding hydrogens is 474 g/mol. The first-order valence-electron chi connectivity index (χ1n) is 13.6. The van der Waals surface area contributed by atoms with E-state index in [0.29, 0.717) is 12.6 Å². The first kappa shape index (κ1) is 25.8. The summed E-state index contributed by atoms with van der Waals surface area (Å²) in [6, 6.07) is 4.70. The van der Waals surface area contributed by atoms with Crippen molar-refractivity contribution < 1.29 is 14.4 Å². The SMILES string of the molecule is COc1cc(C)c(SN(CC2N=C(C(=O)N3CCC(CCN4CCCC4)CC3)ON2)C2CC2)c(C)c1. The second-order valence-corrected chi connectivity index (χ2v) is 11.8. The minimum Gasteiger partial charge on any atom is -0.497 e. The number of carbonyl (C=O) groups excluding carboxylic acids is 1. The van der Waals surface area contributed by atoms with Crippen molar-refractivity contribution in [2.45, 2.75) is 75.9 Å². The molecule has 0 radical (unpaired) electrons. The third-order valence-corrected chi connectivity index (χ3v) is 9.40. The maximum absolute atomic E-state index is 13.1. The number of hydrogen-bond donors (Lipinski definition) is 1. The molecule has 2 saturated heterocycles. The quantitative estimate of drug-likeness (QED) is 0.476. The van der Waals surface area contributed by atoms with Gasteiger partial charge in [0.15, 0.2) is 6.17 Å². The molecule has 1 amide bonds. The molecule has 0 aromatic heterocycles. The van der Waals surface area contributed by atoms with Crippen LogP contribution in [0.25, 0.3) is 0 Å². The number of nitrogens with one attached hydrogen (secondary N) is 1. The lowest BCUT2D eigenvalue weighted by atomic mass is 9.93. The van der Waals surface area contributed by atoms with Crippen LogP contribution in [0, 0.1) is 19.8 Å². The van der Waals surface area contributed by atoms with Gasteiger partial charge in [-0.25, -0.2) is 9.30 Å². The summed E-state index contributed by atoms with van der Waals surface area (Å²) in [5.41, 5.74) is 5.42. The third-order valence-electron chi connectivity index (χ3n) is 7.89. The number of carbonyl (C=O) groups is 1. The second-order valence-electron chi connectivity index (χ2n) is 10.8. The van der Waals surface area contributed by atoms with Crippen LogP contribution < -0.4 is 10.2 Å². The highest BCUT2D eigenvalue weighted by Gasteiger charge is 2.36. The maximum atomic E-state index is 13.1. The van der Waals surface area contributed by atoms with E-state index in [2.05, 4.69) is 45.7 Å². The van der Waals surface area contributed by atoms with E-state index in [4.69, 9.17) is 9.57 Å². The van der Waals surface area contributed by atoms with Crippen LogP contribution in [0.3, 0.4) is 0 Å². The molecule has 1 aromatic carbocycles. The van der Waals surface area contributed by atoms with E-state index in [1.165, 1.54) is 67.8 Å². The van der Waals surface area contributed by atoms with E-state index in [0.717, 1.165) is 37.6 Å². The van der Waals surface area contributed by atoms with Gasteiger partial charge in [0.1, 0.15) is 5.75 Å². The molecule has 36 heavy (non-hydrogen) atoms. The lowest BCUT2D eigenvalue weighted by molar-refractivity contribution is -0.127. The van der Waals surface area contributed by atoms with Crippen LogP contribution >= 0.6 is 11.9 Å². The zero-order chi connectivity index (χ0) is 25.1. The van der Waals surface area contributed by atoms with Crippen molar-refractivity contribution in [3.8, 4) is 5.75 Å². The highest BCUT2D eigenvalue weighted by atomic mass is 32.2. The van der Waals surface area contributed by atoms with Gasteiger partial charge in [0.05, 0.1) is 7.11 Å². The van der Waals surface area contributed by atoms with Gasteiger partial charge in [0.25, 0.3) is 0 Å². The molecule has 3 fully saturated rings. The molecule has 4 aliphatic rings. The summed E-state index contributed by atoms with van der Waals surface area (Å²) in [6.45, 7) is 10.3. The minimum atomic E-state index is -0.242. The number of aryl methyl sites for hydroxylation is 2. The Hall–Kier alpha value is -1.81. The lowest BCUT2D eigenvalue weighted by Gasteiger charge is -2.32. The van der Waals surface area contributed by atoms with Crippen molar-refractivity contribution in [3.63, 3.8) is 0 Å². The standard InChI is InChI=1S/C27H41N5O3S/c1-19-16-23(34-3)17-20(2)25(19)36-32(22-6-7-22)18-24-28-26(35-29-24)27(33)31-14-9-21(10-15-31)8-13-30-11-4-5-12-30/h16-17,21-22,24,29H,4-15,18H2,1-3H3. The molecule has 3 aliphatic heterocycles. The summed E-state index contributed by atoms with van der Waals surface area (Å²) in [7, 11) is 1.71. The monoisotopic (exact) mass is 515 g/mol. The number of ether oxygens (including phenoxy) is 1. The molecular formula is C27H41N5O3S. The third kappa shape index (κ3) is 6.36. The van der Waals surface area contributed by atoms with Crippen LogP contribution in [0.4, 0.5) is 0 Å². The summed E-state index contributed by atoms with van der Waals surface area (Å²) in [5, 5.41) is 0. The Balaban J connectivity index is 1.12. The highest BCUT2D eigenvalue weighted by Crippen LogP contribution is 2.39. The molecule has 9 heteroatoms. The molecule has 1 N–H and O–H groups in total. The molecule has 1 atom stereocenters. The smallest absolute Gasteiger partial charge is 0.311 e. The minimum absolute atomic E-state index is 0.0736. The first-order valence-corrected chi connectivity index (χ1v) is 14.4. The van der Waals surface area contributed by atoms with Gasteiger partial charge in [-0.15, -0.1) is 5.48 Å².